The number of aryl methyl sites for hydroxylation is 1. The van der Waals surface area contributed by atoms with Gasteiger partial charge in [0.05, 0.1) is 24.7 Å². The van der Waals surface area contributed by atoms with Crippen molar-refractivity contribution in [3.63, 3.8) is 0 Å². The van der Waals surface area contributed by atoms with E-state index in [9.17, 15) is 13.2 Å². The molecule has 8 heteroatoms. The summed E-state index contributed by atoms with van der Waals surface area (Å²) in [6, 6.07) is 10.8. The number of sulfonamides is 1. The van der Waals surface area contributed by atoms with Gasteiger partial charge in [-0.1, -0.05) is 29.8 Å². The maximum Gasteiger partial charge on any atom is 0.248 e. The summed E-state index contributed by atoms with van der Waals surface area (Å²) in [7, 11) is -2.23. The number of nitrogens with zero attached hydrogens (tertiary/aromatic N) is 1. The zero-order chi connectivity index (χ0) is 19.5. The summed E-state index contributed by atoms with van der Waals surface area (Å²) in [4.78, 5) is 12.7. The molecule has 26 heavy (non-hydrogen) atoms. The van der Waals surface area contributed by atoms with Crippen molar-refractivity contribution in [1.82, 2.24) is 0 Å². The van der Waals surface area contributed by atoms with Crippen LogP contribution in [0.4, 0.5) is 11.4 Å². The highest BCUT2D eigenvalue weighted by Crippen LogP contribution is 2.28. The van der Waals surface area contributed by atoms with Crippen LogP contribution in [-0.2, 0) is 14.8 Å². The standard InChI is InChI=1S/C18H21ClN2O4S/c1-12-9-10-14(11-15(12)19)21(26(4,23)24)13(2)18(22)20-16-7-5-6-8-17(16)25-3/h5-11,13H,1-4H3,(H,20,22). The van der Waals surface area contributed by atoms with Crippen LogP contribution in [0.25, 0.3) is 0 Å². The summed E-state index contributed by atoms with van der Waals surface area (Å²) in [5.74, 6) is -0.00559. The normalized spacial score (nSPS) is 12.3. The summed E-state index contributed by atoms with van der Waals surface area (Å²) in [5.41, 5.74) is 1.60. The number of methoxy groups -OCH3 is 1. The van der Waals surface area contributed by atoms with E-state index in [0.29, 0.717) is 22.1 Å². The summed E-state index contributed by atoms with van der Waals surface area (Å²) in [6.07, 6.45) is 1.05. The van der Waals surface area contributed by atoms with Gasteiger partial charge < -0.3 is 10.1 Å². The molecule has 0 radical (unpaired) electrons. The van der Waals surface area contributed by atoms with Gasteiger partial charge in [-0.25, -0.2) is 8.42 Å². The van der Waals surface area contributed by atoms with Gasteiger partial charge in [0, 0.05) is 5.02 Å². The van der Waals surface area contributed by atoms with Gasteiger partial charge in [0.25, 0.3) is 0 Å². The molecule has 0 aromatic heterocycles. The molecule has 0 saturated carbocycles. The summed E-state index contributed by atoms with van der Waals surface area (Å²) < 4.78 is 30.9. The Bertz CT molecular complexity index is 915. The van der Waals surface area contributed by atoms with Gasteiger partial charge in [-0.3, -0.25) is 9.10 Å². The smallest absolute Gasteiger partial charge is 0.248 e. The maximum atomic E-state index is 12.7. The Morgan fingerprint density at radius 2 is 1.88 bits per heavy atom. The highest BCUT2D eigenvalue weighted by Gasteiger charge is 2.29. The lowest BCUT2D eigenvalue weighted by Crippen LogP contribution is -2.45. The van der Waals surface area contributed by atoms with E-state index in [2.05, 4.69) is 5.32 Å². The predicted octanol–water partition coefficient (Wildman–Crippen LogP) is 3.45. The first-order valence-corrected chi connectivity index (χ1v) is 10.1. The number of carbonyl (C=O) groups excluding carboxylic acids is 1. The van der Waals surface area contributed by atoms with Crippen LogP contribution in [-0.4, -0.2) is 33.7 Å². The number of benzene rings is 2. The van der Waals surface area contributed by atoms with Crippen LogP contribution >= 0.6 is 11.6 Å². The lowest BCUT2D eigenvalue weighted by atomic mass is 10.2. The van der Waals surface area contributed by atoms with Crippen molar-refractivity contribution in [2.75, 3.05) is 23.0 Å². The molecule has 1 amide bonds. The minimum atomic E-state index is -3.72. The molecular weight excluding hydrogens is 376 g/mol. The fraction of sp³-hybridized carbons (Fsp3) is 0.278. The zero-order valence-corrected chi connectivity index (χ0v) is 16.6. The maximum absolute atomic E-state index is 12.7. The Kier molecular flexibility index (Phi) is 6.15. The number of anilines is 2. The van der Waals surface area contributed by atoms with Crippen LogP contribution in [0.5, 0.6) is 5.75 Å². The molecule has 0 saturated heterocycles. The molecule has 1 unspecified atom stereocenters. The molecule has 0 heterocycles. The first kappa shape index (κ1) is 20.1. The van der Waals surface area contributed by atoms with Crippen molar-refractivity contribution in [1.29, 1.82) is 0 Å². The Morgan fingerprint density at radius 1 is 1.23 bits per heavy atom. The summed E-state index contributed by atoms with van der Waals surface area (Å²) in [6.45, 7) is 3.33. The number of carbonyl (C=O) groups is 1. The molecule has 2 aromatic rings. The van der Waals surface area contributed by atoms with Crippen molar-refractivity contribution in [3.05, 3.63) is 53.1 Å². The molecule has 6 nitrogen and oxygen atoms in total. The van der Waals surface area contributed by atoms with E-state index in [1.54, 1.807) is 36.4 Å². The summed E-state index contributed by atoms with van der Waals surface area (Å²) in [5, 5.41) is 3.13. The molecule has 0 aliphatic carbocycles. The molecule has 1 N–H and O–H groups in total. The minimum absolute atomic E-state index is 0.325. The quantitative estimate of drug-likeness (QED) is 0.811. The Hall–Kier alpha value is -2.25. The number of halogens is 1. The van der Waals surface area contributed by atoms with Crippen molar-refractivity contribution in [2.24, 2.45) is 0 Å². The van der Waals surface area contributed by atoms with Crippen molar-refractivity contribution < 1.29 is 17.9 Å². The SMILES string of the molecule is COc1ccccc1NC(=O)C(C)N(c1ccc(C)c(Cl)c1)S(C)(=O)=O. The fourth-order valence-electron chi connectivity index (χ4n) is 2.51. The van der Waals surface area contributed by atoms with Crippen LogP contribution < -0.4 is 14.4 Å². The van der Waals surface area contributed by atoms with Crippen molar-refractivity contribution in [3.8, 4) is 5.75 Å². The molecule has 2 aromatic carbocycles. The minimum Gasteiger partial charge on any atom is -0.495 e. The number of para-hydroxylation sites is 2. The molecular formula is C18H21ClN2O4S. The molecule has 0 bridgehead atoms. The third-order valence-corrected chi connectivity index (χ3v) is 5.51. The topological polar surface area (TPSA) is 75.7 Å². The largest absolute Gasteiger partial charge is 0.495 e. The van der Waals surface area contributed by atoms with Gasteiger partial charge >= 0.3 is 0 Å². The third kappa shape index (κ3) is 4.47. The van der Waals surface area contributed by atoms with E-state index >= 15 is 0 Å². The Balaban J connectivity index is 2.36. The highest BCUT2D eigenvalue weighted by molar-refractivity contribution is 7.92. The third-order valence-electron chi connectivity index (χ3n) is 3.86. The molecule has 0 spiro atoms. The number of amides is 1. The number of nitrogens with one attached hydrogen (secondary N) is 1. The molecule has 2 rings (SSSR count). The Morgan fingerprint density at radius 3 is 2.46 bits per heavy atom. The van der Waals surface area contributed by atoms with E-state index in [0.717, 1.165) is 16.1 Å². The van der Waals surface area contributed by atoms with Crippen LogP contribution in [0.15, 0.2) is 42.5 Å². The van der Waals surface area contributed by atoms with Gasteiger partial charge in [0.1, 0.15) is 11.8 Å². The van der Waals surface area contributed by atoms with Gasteiger partial charge in [0.2, 0.25) is 15.9 Å². The van der Waals surface area contributed by atoms with Gasteiger partial charge in [-0.15, -0.1) is 0 Å². The second-order valence-corrected chi connectivity index (χ2v) is 8.12. The summed E-state index contributed by atoms with van der Waals surface area (Å²) >= 11 is 6.12. The number of rotatable bonds is 6. The average Bonchev–Trinajstić information content (AvgIpc) is 2.57. The zero-order valence-electron chi connectivity index (χ0n) is 15.0. The predicted molar refractivity (Wildman–Crippen MR) is 105 cm³/mol. The second kappa shape index (κ2) is 7.97. The average molecular weight is 397 g/mol. The first-order chi connectivity index (χ1) is 12.1. The van der Waals surface area contributed by atoms with E-state index in [1.165, 1.54) is 20.1 Å². The highest BCUT2D eigenvalue weighted by atomic mass is 35.5. The molecule has 140 valence electrons. The second-order valence-electron chi connectivity index (χ2n) is 5.86. The van der Waals surface area contributed by atoms with Crippen molar-refractivity contribution in [2.45, 2.75) is 19.9 Å². The molecule has 0 fully saturated rings. The van der Waals surface area contributed by atoms with Crippen molar-refractivity contribution >= 4 is 38.9 Å². The lowest BCUT2D eigenvalue weighted by Gasteiger charge is -2.28. The van der Waals surface area contributed by atoms with E-state index in [1.807, 2.05) is 6.92 Å². The lowest BCUT2D eigenvalue weighted by molar-refractivity contribution is -0.116. The van der Waals surface area contributed by atoms with Crippen LogP contribution in [0.3, 0.4) is 0 Å². The van der Waals surface area contributed by atoms with Gasteiger partial charge in [-0.2, -0.15) is 0 Å². The first-order valence-electron chi connectivity index (χ1n) is 7.84. The van der Waals surface area contributed by atoms with Crippen LogP contribution in [0.1, 0.15) is 12.5 Å². The van der Waals surface area contributed by atoms with E-state index < -0.39 is 22.0 Å². The monoisotopic (exact) mass is 396 g/mol. The van der Waals surface area contributed by atoms with Gasteiger partial charge in [-0.05, 0) is 43.7 Å². The molecule has 0 aliphatic rings. The molecule has 1 atom stereocenters. The number of hydrogen-bond acceptors (Lipinski definition) is 4. The van der Waals surface area contributed by atoms with E-state index in [4.69, 9.17) is 16.3 Å². The van der Waals surface area contributed by atoms with Crippen LogP contribution in [0, 0.1) is 6.92 Å². The van der Waals surface area contributed by atoms with E-state index in [-0.39, 0.29) is 0 Å². The van der Waals surface area contributed by atoms with Crippen LogP contribution in [0.2, 0.25) is 5.02 Å². The number of hydrogen-bond donors (Lipinski definition) is 1. The Labute approximate surface area is 158 Å². The molecule has 0 aliphatic heterocycles. The number of ether oxygens (including phenoxy) is 1. The van der Waals surface area contributed by atoms with Gasteiger partial charge in [0.15, 0.2) is 0 Å². The fourth-order valence-corrected chi connectivity index (χ4v) is 3.85.